The van der Waals surface area contributed by atoms with E-state index in [1.54, 1.807) is 0 Å². The molecule has 0 radical (unpaired) electrons. The maximum atomic E-state index is 2.39. The maximum absolute atomic E-state index is 2.39. The van der Waals surface area contributed by atoms with Crippen LogP contribution >= 0.6 is 0 Å². The number of anilines is 6. The molecule has 10 aromatic carbocycles. The molecule has 0 amide bonds. The topological polar surface area (TPSA) is 6.48 Å². The van der Waals surface area contributed by atoms with Crippen LogP contribution in [0.25, 0.3) is 54.2 Å². The smallest absolute Gasteiger partial charge is 0.0540 e. The molecule has 0 heterocycles. The molecule has 52 heavy (non-hydrogen) atoms. The Hall–Kier alpha value is -6.90. The van der Waals surface area contributed by atoms with Gasteiger partial charge in [0.15, 0.2) is 0 Å². The van der Waals surface area contributed by atoms with Crippen molar-refractivity contribution in [1.29, 1.82) is 0 Å². The van der Waals surface area contributed by atoms with Crippen molar-refractivity contribution >= 4 is 77.2 Å². The summed E-state index contributed by atoms with van der Waals surface area (Å²) in [4.78, 5) is 4.74. The first-order valence-corrected chi connectivity index (χ1v) is 17.9. The Labute approximate surface area is 303 Å². The number of nitrogens with zero attached hydrogens (tertiary/aromatic N) is 2. The van der Waals surface area contributed by atoms with Crippen LogP contribution in [0.4, 0.5) is 34.1 Å². The fourth-order valence-electron chi connectivity index (χ4n) is 7.93. The minimum atomic E-state index is 1.12. The zero-order chi connectivity index (χ0) is 34.4. The van der Waals surface area contributed by atoms with Crippen molar-refractivity contribution in [2.24, 2.45) is 0 Å². The molecule has 10 rings (SSSR count). The van der Waals surface area contributed by atoms with Crippen LogP contribution < -0.4 is 9.80 Å². The lowest BCUT2D eigenvalue weighted by atomic mass is 9.93. The zero-order valence-electron chi connectivity index (χ0n) is 28.5. The Bertz CT molecular complexity index is 2800. The summed E-state index contributed by atoms with van der Waals surface area (Å²) >= 11 is 0. The van der Waals surface area contributed by atoms with Gasteiger partial charge in [0, 0.05) is 33.5 Å². The molecule has 244 valence electrons. The highest BCUT2D eigenvalue weighted by Gasteiger charge is 2.19. The third-order valence-electron chi connectivity index (χ3n) is 10.4. The highest BCUT2D eigenvalue weighted by atomic mass is 15.1. The highest BCUT2D eigenvalue weighted by Crippen LogP contribution is 2.44. The summed E-state index contributed by atoms with van der Waals surface area (Å²) in [7, 11) is 0. The van der Waals surface area contributed by atoms with Crippen LogP contribution in [0.2, 0.25) is 0 Å². The van der Waals surface area contributed by atoms with E-state index in [9.17, 15) is 0 Å². The number of rotatable bonds is 7. The first kappa shape index (κ1) is 30.0. The molecule has 0 aromatic heterocycles. The number of benzene rings is 10. The molecule has 10 aromatic rings. The Morgan fingerprint density at radius 1 is 0.231 bits per heavy atom. The SMILES string of the molecule is c1ccc(N(c2ccc(-c3ccc(N(c4ccccc4)c4ccc5ccc6cccc7ccc4c5c67)cc3)cc2)c2cccc3ccccc23)cc1. The van der Waals surface area contributed by atoms with Gasteiger partial charge < -0.3 is 9.80 Å². The van der Waals surface area contributed by atoms with E-state index < -0.39 is 0 Å². The molecule has 0 saturated heterocycles. The number of hydrogen-bond acceptors (Lipinski definition) is 2. The molecule has 0 bridgehead atoms. The minimum absolute atomic E-state index is 1.12. The van der Waals surface area contributed by atoms with Gasteiger partial charge in [0.05, 0.1) is 11.4 Å². The van der Waals surface area contributed by atoms with Crippen molar-refractivity contribution in [2.45, 2.75) is 0 Å². The van der Waals surface area contributed by atoms with E-state index in [-0.39, 0.29) is 0 Å². The van der Waals surface area contributed by atoms with E-state index >= 15 is 0 Å². The predicted molar refractivity (Wildman–Crippen MR) is 222 cm³/mol. The molecule has 0 saturated carbocycles. The molecule has 0 spiro atoms. The van der Waals surface area contributed by atoms with Gasteiger partial charge in [-0.15, -0.1) is 0 Å². The largest absolute Gasteiger partial charge is 0.310 e. The van der Waals surface area contributed by atoms with Crippen LogP contribution in [-0.2, 0) is 0 Å². The molecule has 0 aliphatic heterocycles. The molecule has 2 heteroatoms. The average molecular weight is 663 g/mol. The van der Waals surface area contributed by atoms with Crippen molar-refractivity contribution in [2.75, 3.05) is 9.80 Å². The van der Waals surface area contributed by atoms with Crippen LogP contribution in [0.15, 0.2) is 206 Å². The summed E-state index contributed by atoms with van der Waals surface area (Å²) in [5.41, 5.74) is 9.18. The minimum Gasteiger partial charge on any atom is -0.310 e. The van der Waals surface area contributed by atoms with E-state index in [2.05, 4.69) is 216 Å². The van der Waals surface area contributed by atoms with Gasteiger partial charge in [-0.05, 0) is 104 Å². The molecule has 0 unspecified atom stereocenters. The number of hydrogen-bond donors (Lipinski definition) is 0. The molecule has 0 aliphatic carbocycles. The summed E-state index contributed by atoms with van der Waals surface area (Å²) in [6.45, 7) is 0. The van der Waals surface area contributed by atoms with Gasteiger partial charge in [0.2, 0.25) is 0 Å². The van der Waals surface area contributed by atoms with E-state index in [4.69, 9.17) is 0 Å². The summed E-state index contributed by atoms with van der Waals surface area (Å²) in [6, 6.07) is 74.6. The van der Waals surface area contributed by atoms with Gasteiger partial charge in [-0.25, -0.2) is 0 Å². The first-order valence-electron chi connectivity index (χ1n) is 17.9. The van der Waals surface area contributed by atoms with Crippen LogP contribution in [0.5, 0.6) is 0 Å². The van der Waals surface area contributed by atoms with Crippen molar-refractivity contribution < 1.29 is 0 Å². The lowest BCUT2D eigenvalue weighted by Gasteiger charge is -2.28. The Morgan fingerprint density at radius 2 is 0.654 bits per heavy atom. The molecule has 0 fully saturated rings. The van der Waals surface area contributed by atoms with Gasteiger partial charge in [-0.3, -0.25) is 0 Å². The normalized spacial score (nSPS) is 11.5. The van der Waals surface area contributed by atoms with Gasteiger partial charge in [-0.1, -0.05) is 146 Å². The van der Waals surface area contributed by atoms with Crippen molar-refractivity contribution in [3.8, 4) is 11.1 Å². The summed E-state index contributed by atoms with van der Waals surface area (Å²) in [5, 5.41) is 10.2. The summed E-state index contributed by atoms with van der Waals surface area (Å²) < 4.78 is 0. The van der Waals surface area contributed by atoms with Crippen LogP contribution in [-0.4, -0.2) is 0 Å². The Morgan fingerprint density at radius 3 is 1.27 bits per heavy atom. The van der Waals surface area contributed by atoms with Gasteiger partial charge in [0.25, 0.3) is 0 Å². The molecule has 0 N–H and O–H groups in total. The second-order valence-corrected chi connectivity index (χ2v) is 13.4. The quantitative estimate of drug-likeness (QED) is 0.157. The van der Waals surface area contributed by atoms with Gasteiger partial charge in [-0.2, -0.15) is 0 Å². The van der Waals surface area contributed by atoms with Gasteiger partial charge in [0.1, 0.15) is 0 Å². The third-order valence-corrected chi connectivity index (χ3v) is 10.4. The second kappa shape index (κ2) is 12.5. The number of para-hydroxylation sites is 2. The lowest BCUT2D eigenvalue weighted by molar-refractivity contribution is 1.29. The Balaban J connectivity index is 1.04. The molecule has 0 aliphatic rings. The fraction of sp³-hybridized carbons (Fsp3) is 0. The molecule has 2 nitrogen and oxygen atoms in total. The highest BCUT2D eigenvalue weighted by molar-refractivity contribution is 6.25. The third kappa shape index (κ3) is 5.04. The Kier molecular flexibility index (Phi) is 7.18. The monoisotopic (exact) mass is 662 g/mol. The van der Waals surface area contributed by atoms with E-state index in [1.807, 2.05) is 0 Å². The van der Waals surface area contributed by atoms with Crippen LogP contribution in [0.1, 0.15) is 0 Å². The van der Waals surface area contributed by atoms with E-state index in [1.165, 1.54) is 59.9 Å². The molecular formula is C50H34N2. The summed E-state index contributed by atoms with van der Waals surface area (Å²) in [6.07, 6.45) is 0. The molecular weight excluding hydrogens is 629 g/mol. The first-order chi connectivity index (χ1) is 25.8. The van der Waals surface area contributed by atoms with Crippen molar-refractivity contribution in [3.05, 3.63) is 206 Å². The van der Waals surface area contributed by atoms with Crippen molar-refractivity contribution in [3.63, 3.8) is 0 Å². The maximum Gasteiger partial charge on any atom is 0.0540 e. The summed E-state index contributed by atoms with van der Waals surface area (Å²) in [5.74, 6) is 0. The number of fused-ring (bicyclic) bond motifs is 1. The van der Waals surface area contributed by atoms with E-state index in [0.29, 0.717) is 0 Å². The zero-order valence-corrected chi connectivity index (χ0v) is 28.5. The lowest BCUT2D eigenvalue weighted by Crippen LogP contribution is -2.10. The van der Waals surface area contributed by atoms with Gasteiger partial charge >= 0.3 is 0 Å². The van der Waals surface area contributed by atoms with Crippen LogP contribution in [0, 0.1) is 0 Å². The van der Waals surface area contributed by atoms with E-state index in [0.717, 1.165) is 28.4 Å². The predicted octanol–water partition coefficient (Wildman–Crippen LogP) is 14.3. The average Bonchev–Trinajstić information content (AvgIpc) is 3.22. The van der Waals surface area contributed by atoms with Crippen LogP contribution in [0.3, 0.4) is 0 Å². The second-order valence-electron chi connectivity index (χ2n) is 13.4. The van der Waals surface area contributed by atoms with Crippen molar-refractivity contribution in [1.82, 2.24) is 0 Å². The standard InChI is InChI=1S/C50H34N2/c1-3-15-41(16-4-1)51(47-20-10-12-37-11-7-8-19-45(37)47)43-29-23-35(24-30-43)36-25-31-44(32-26-36)52(42-17-5-2-6-18-42)48-34-28-40-22-21-38-13-9-14-39-27-33-46(48)50(40)49(38)39/h1-34H. The molecule has 0 atom stereocenters. The fourth-order valence-corrected chi connectivity index (χ4v) is 7.93.